The highest BCUT2D eigenvalue weighted by molar-refractivity contribution is 5.77. The highest BCUT2D eigenvalue weighted by Gasteiger charge is 2.68. The van der Waals surface area contributed by atoms with Crippen molar-refractivity contribution < 1.29 is 48.3 Å². The lowest BCUT2D eigenvalue weighted by atomic mass is 9.52. The average Bonchev–Trinajstić information content (AvgIpc) is 2.97. The Labute approximate surface area is 211 Å². The molecule has 0 amide bonds. The molecule has 36 heavy (non-hydrogen) atoms. The number of allylic oxidation sites excluding steroid dienone is 1. The Bertz CT molecular complexity index is 943. The van der Waals surface area contributed by atoms with E-state index in [1.165, 1.54) is 27.7 Å². The molecule has 1 aliphatic heterocycles. The number of rotatable bonds is 3. The van der Waals surface area contributed by atoms with E-state index >= 15 is 0 Å². The molecule has 0 radical (unpaired) electrons. The van der Waals surface area contributed by atoms with Crippen LogP contribution in [-0.2, 0) is 38.1 Å². The zero-order valence-corrected chi connectivity index (χ0v) is 22.0. The normalized spacial score (nSPS) is 44.1. The first-order chi connectivity index (χ1) is 16.6. The van der Waals surface area contributed by atoms with Gasteiger partial charge in [-0.3, -0.25) is 19.2 Å². The first-order valence-corrected chi connectivity index (χ1v) is 12.4. The molecule has 3 rings (SSSR count). The quantitative estimate of drug-likeness (QED) is 0.328. The van der Waals surface area contributed by atoms with E-state index in [9.17, 15) is 29.4 Å². The molecule has 2 fully saturated rings. The summed E-state index contributed by atoms with van der Waals surface area (Å²) >= 11 is 0. The smallest absolute Gasteiger partial charge is 0.312 e. The van der Waals surface area contributed by atoms with Crippen LogP contribution in [0.4, 0.5) is 0 Å². The average molecular weight is 511 g/mol. The molecule has 0 bridgehead atoms. The first kappa shape index (κ1) is 28.1. The van der Waals surface area contributed by atoms with Gasteiger partial charge in [0.05, 0.1) is 12.0 Å². The van der Waals surface area contributed by atoms with Crippen molar-refractivity contribution >= 4 is 23.9 Å². The number of carbonyl (C=O) groups is 4. The Morgan fingerprint density at radius 2 is 1.58 bits per heavy atom. The van der Waals surface area contributed by atoms with Crippen molar-refractivity contribution in [2.24, 2.45) is 23.2 Å². The third-order valence-corrected chi connectivity index (χ3v) is 8.41. The van der Waals surface area contributed by atoms with Crippen LogP contribution >= 0.6 is 0 Å². The molecule has 2 N–H and O–H groups in total. The standard InChI is InChI=1S/C26H38O10/c1-12-8-9-19(33-15(4)27)25(7)20(34-16(5)28)11-18(30)13(2)22(25)23(35-17(6)29)26(32)14(3)24(31)36-21(26)10-12/h10,13-14,18-23,30,32H,8-9,11H2,1-7H3/b12-10-/t13-,14-,18+,19-,20-,21-,22+,23-,25-,26-/m0/s1. The Morgan fingerprint density at radius 3 is 2.14 bits per heavy atom. The van der Waals surface area contributed by atoms with Crippen LogP contribution < -0.4 is 0 Å². The summed E-state index contributed by atoms with van der Waals surface area (Å²) in [6.45, 7) is 10.5. The van der Waals surface area contributed by atoms with Gasteiger partial charge in [0.15, 0.2) is 11.7 Å². The third-order valence-electron chi connectivity index (χ3n) is 8.41. The van der Waals surface area contributed by atoms with Crippen molar-refractivity contribution in [2.45, 2.75) is 104 Å². The number of hydrogen-bond acceptors (Lipinski definition) is 10. The predicted octanol–water partition coefficient (Wildman–Crippen LogP) is 1.84. The molecule has 0 aromatic carbocycles. The third kappa shape index (κ3) is 4.77. The number of aliphatic hydroxyl groups is 2. The Hall–Kier alpha value is -2.46. The van der Waals surface area contributed by atoms with Crippen molar-refractivity contribution in [2.75, 3.05) is 0 Å². The molecule has 0 aromatic rings. The van der Waals surface area contributed by atoms with Crippen molar-refractivity contribution in [1.29, 1.82) is 0 Å². The van der Waals surface area contributed by atoms with Crippen molar-refractivity contribution in [3.63, 3.8) is 0 Å². The lowest BCUT2D eigenvalue weighted by Crippen LogP contribution is -2.68. The summed E-state index contributed by atoms with van der Waals surface area (Å²) in [6, 6.07) is 0. The Morgan fingerprint density at radius 1 is 1.03 bits per heavy atom. The van der Waals surface area contributed by atoms with Gasteiger partial charge in [-0.05, 0) is 38.7 Å². The molecule has 3 aliphatic rings. The summed E-state index contributed by atoms with van der Waals surface area (Å²) in [6.07, 6.45) is -2.79. The lowest BCUT2D eigenvalue weighted by molar-refractivity contribution is -0.250. The van der Waals surface area contributed by atoms with Crippen LogP contribution in [0.15, 0.2) is 11.6 Å². The minimum atomic E-state index is -2.00. The second kappa shape index (κ2) is 10.1. The highest BCUT2D eigenvalue weighted by atomic mass is 16.6. The number of esters is 4. The van der Waals surface area contributed by atoms with Gasteiger partial charge in [0.25, 0.3) is 0 Å². The summed E-state index contributed by atoms with van der Waals surface area (Å²) in [5.74, 6) is -5.08. The summed E-state index contributed by atoms with van der Waals surface area (Å²) in [5.41, 5.74) is -2.44. The van der Waals surface area contributed by atoms with Crippen LogP contribution in [0.1, 0.15) is 67.7 Å². The molecule has 0 spiro atoms. The molecular formula is C26H38O10. The number of ether oxygens (including phenoxy) is 4. The van der Waals surface area contributed by atoms with E-state index in [1.54, 1.807) is 26.8 Å². The van der Waals surface area contributed by atoms with Gasteiger partial charge in [-0.1, -0.05) is 19.4 Å². The van der Waals surface area contributed by atoms with Crippen molar-refractivity contribution in [3.05, 3.63) is 11.6 Å². The highest BCUT2D eigenvalue weighted by Crippen LogP contribution is 2.56. The van der Waals surface area contributed by atoms with Crippen LogP contribution in [0, 0.1) is 23.2 Å². The van der Waals surface area contributed by atoms with Crippen LogP contribution in [0.25, 0.3) is 0 Å². The van der Waals surface area contributed by atoms with Gasteiger partial charge in [-0.2, -0.15) is 0 Å². The van der Waals surface area contributed by atoms with E-state index in [4.69, 9.17) is 18.9 Å². The van der Waals surface area contributed by atoms with E-state index in [1.807, 2.05) is 0 Å². The van der Waals surface area contributed by atoms with Gasteiger partial charge in [0.1, 0.15) is 18.3 Å². The fourth-order valence-electron chi connectivity index (χ4n) is 6.47. The van der Waals surface area contributed by atoms with Crippen LogP contribution in [-0.4, -0.2) is 70.2 Å². The Balaban J connectivity index is 2.36. The lowest BCUT2D eigenvalue weighted by Gasteiger charge is -2.58. The number of hydrogen-bond donors (Lipinski definition) is 2. The van der Waals surface area contributed by atoms with Crippen LogP contribution in [0.2, 0.25) is 0 Å². The summed E-state index contributed by atoms with van der Waals surface area (Å²) in [4.78, 5) is 49.6. The summed E-state index contributed by atoms with van der Waals surface area (Å²) in [5, 5.41) is 23.3. The van der Waals surface area contributed by atoms with Crippen LogP contribution in [0.5, 0.6) is 0 Å². The Kier molecular flexibility index (Phi) is 7.91. The van der Waals surface area contributed by atoms with Gasteiger partial charge in [0.2, 0.25) is 0 Å². The van der Waals surface area contributed by atoms with Gasteiger partial charge < -0.3 is 29.2 Å². The van der Waals surface area contributed by atoms with Crippen molar-refractivity contribution in [1.82, 2.24) is 0 Å². The maximum absolute atomic E-state index is 12.7. The molecule has 0 aromatic heterocycles. The molecule has 10 nitrogen and oxygen atoms in total. The van der Waals surface area contributed by atoms with Gasteiger partial charge in [-0.25, -0.2) is 0 Å². The molecular weight excluding hydrogens is 472 g/mol. The van der Waals surface area contributed by atoms with Gasteiger partial charge in [-0.15, -0.1) is 0 Å². The zero-order valence-electron chi connectivity index (χ0n) is 22.0. The zero-order chi connectivity index (χ0) is 27.2. The summed E-state index contributed by atoms with van der Waals surface area (Å²) < 4.78 is 22.9. The minimum Gasteiger partial charge on any atom is -0.462 e. The molecule has 0 unspecified atom stereocenters. The van der Waals surface area contributed by atoms with Crippen molar-refractivity contribution in [3.8, 4) is 0 Å². The van der Waals surface area contributed by atoms with E-state index in [-0.39, 0.29) is 6.42 Å². The first-order valence-electron chi connectivity index (χ1n) is 12.4. The van der Waals surface area contributed by atoms with E-state index in [0.29, 0.717) is 12.8 Å². The molecule has 1 saturated heterocycles. The van der Waals surface area contributed by atoms with Gasteiger partial charge >= 0.3 is 23.9 Å². The predicted molar refractivity (Wildman–Crippen MR) is 125 cm³/mol. The number of carbonyl (C=O) groups excluding carboxylic acids is 4. The molecule has 10 atom stereocenters. The maximum atomic E-state index is 12.7. The second-order valence-electron chi connectivity index (χ2n) is 10.8. The molecule has 1 saturated carbocycles. The molecule has 1 heterocycles. The number of fused-ring (bicyclic) bond motifs is 2. The molecule has 10 heteroatoms. The monoisotopic (exact) mass is 510 g/mol. The second-order valence-corrected chi connectivity index (χ2v) is 10.8. The van der Waals surface area contributed by atoms with E-state index < -0.39 is 83.2 Å². The topological polar surface area (TPSA) is 146 Å². The van der Waals surface area contributed by atoms with E-state index in [0.717, 1.165) is 5.57 Å². The SMILES string of the molecule is CC(=O)O[C@H]1CC/C(C)=C\[C@@H]2OC(=O)[C@H](C)[C@@]2(O)[C@@H](OC(C)=O)[C@H]2[C@@H](C)[C@H](O)C[C@H](OC(C)=O)[C@@]21C. The number of aliphatic hydroxyl groups excluding tert-OH is 1. The largest absolute Gasteiger partial charge is 0.462 e. The fourth-order valence-corrected chi connectivity index (χ4v) is 6.47. The van der Waals surface area contributed by atoms with Crippen LogP contribution in [0.3, 0.4) is 0 Å². The molecule has 202 valence electrons. The van der Waals surface area contributed by atoms with E-state index in [2.05, 4.69) is 0 Å². The fraction of sp³-hybridized carbons (Fsp3) is 0.769. The maximum Gasteiger partial charge on any atom is 0.312 e. The van der Waals surface area contributed by atoms with Gasteiger partial charge in [0, 0.05) is 38.5 Å². The molecule has 2 aliphatic carbocycles. The minimum absolute atomic E-state index is 0.0555. The summed E-state index contributed by atoms with van der Waals surface area (Å²) in [7, 11) is 0.